The van der Waals surface area contributed by atoms with Gasteiger partial charge in [-0.05, 0) is 38.0 Å². The molecule has 27 heavy (non-hydrogen) atoms. The molecule has 6 nitrogen and oxygen atoms in total. The third-order valence-corrected chi connectivity index (χ3v) is 7.21. The summed E-state index contributed by atoms with van der Waals surface area (Å²) >= 11 is 0. The van der Waals surface area contributed by atoms with E-state index in [4.69, 9.17) is 4.98 Å². The number of nitrogens with zero attached hydrogens (tertiary/aromatic N) is 3. The van der Waals surface area contributed by atoms with Crippen LogP contribution in [-0.4, -0.2) is 35.8 Å². The van der Waals surface area contributed by atoms with Gasteiger partial charge >= 0.3 is 0 Å². The first kappa shape index (κ1) is 18.5. The summed E-state index contributed by atoms with van der Waals surface area (Å²) in [5.41, 5.74) is 2.84. The lowest BCUT2D eigenvalue weighted by Gasteiger charge is -2.32. The average Bonchev–Trinajstić information content (AvgIpc) is 2.68. The Morgan fingerprint density at radius 1 is 1.11 bits per heavy atom. The Morgan fingerprint density at radius 2 is 1.85 bits per heavy atom. The molecule has 1 fully saturated rings. The van der Waals surface area contributed by atoms with E-state index in [9.17, 15) is 8.42 Å². The Labute approximate surface area is 161 Å². The van der Waals surface area contributed by atoms with Crippen LogP contribution >= 0.6 is 0 Å². The summed E-state index contributed by atoms with van der Waals surface area (Å²) < 4.78 is 30.2. The van der Waals surface area contributed by atoms with Crippen molar-refractivity contribution in [1.29, 1.82) is 0 Å². The molecule has 1 saturated heterocycles. The second-order valence-corrected chi connectivity index (χ2v) is 9.31. The Kier molecular flexibility index (Phi) is 5.25. The standard InChI is InChI=1S/C20H26N4O2S/c1-15-10-12-24(13-11-15)27(25,26)23-19-9-5-8-18-17(19)14-21-20(22-18)16-6-3-2-4-7-16/h2-4,6-7,14-15,19,23H,5,8-13H2,1H3. The number of aryl methyl sites for hydroxylation is 1. The van der Waals surface area contributed by atoms with Crippen molar-refractivity contribution < 1.29 is 8.42 Å². The summed E-state index contributed by atoms with van der Waals surface area (Å²) in [7, 11) is -3.48. The minimum absolute atomic E-state index is 0.247. The Bertz CT molecular complexity index is 893. The molecule has 1 aliphatic carbocycles. The first-order valence-corrected chi connectivity index (χ1v) is 11.2. The Morgan fingerprint density at radius 3 is 2.59 bits per heavy atom. The minimum atomic E-state index is -3.48. The molecule has 4 rings (SSSR count). The van der Waals surface area contributed by atoms with Gasteiger partial charge in [0.15, 0.2) is 5.82 Å². The molecule has 1 atom stereocenters. The number of rotatable bonds is 4. The molecule has 1 aromatic heterocycles. The highest BCUT2D eigenvalue weighted by Gasteiger charge is 2.31. The zero-order valence-corrected chi connectivity index (χ0v) is 16.5. The molecule has 7 heteroatoms. The van der Waals surface area contributed by atoms with Gasteiger partial charge in [0, 0.05) is 36.1 Å². The summed E-state index contributed by atoms with van der Waals surface area (Å²) in [4.78, 5) is 9.23. The van der Waals surface area contributed by atoms with Crippen molar-refractivity contribution in [2.24, 2.45) is 5.92 Å². The second kappa shape index (κ2) is 7.66. The number of benzene rings is 1. The van der Waals surface area contributed by atoms with Crippen molar-refractivity contribution in [1.82, 2.24) is 19.0 Å². The topological polar surface area (TPSA) is 75.2 Å². The van der Waals surface area contributed by atoms with Crippen molar-refractivity contribution >= 4 is 10.2 Å². The summed E-state index contributed by atoms with van der Waals surface area (Å²) in [5.74, 6) is 1.29. The molecular formula is C20H26N4O2S. The number of hydrogen-bond acceptors (Lipinski definition) is 4. The molecule has 0 saturated carbocycles. The second-order valence-electron chi connectivity index (χ2n) is 7.61. The monoisotopic (exact) mass is 386 g/mol. The Hall–Kier alpha value is -1.83. The number of aromatic nitrogens is 2. The first-order chi connectivity index (χ1) is 13.0. The molecule has 2 heterocycles. The number of nitrogens with one attached hydrogen (secondary N) is 1. The zero-order chi connectivity index (χ0) is 18.9. The van der Waals surface area contributed by atoms with Crippen LogP contribution in [0.3, 0.4) is 0 Å². The molecule has 1 aromatic carbocycles. The minimum Gasteiger partial charge on any atom is -0.236 e. The van der Waals surface area contributed by atoms with Gasteiger partial charge in [0.25, 0.3) is 10.2 Å². The number of hydrogen-bond donors (Lipinski definition) is 1. The predicted molar refractivity (Wildman–Crippen MR) is 105 cm³/mol. The molecular weight excluding hydrogens is 360 g/mol. The predicted octanol–water partition coefficient (Wildman–Crippen LogP) is 3.09. The van der Waals surface area contributed by atoms with Gasteiger partial charge in [-0.2, -0.15) is 17.4 Å². The maximum absolute atomic E-state index is 12.8. The van der Waals surface area contributed by atoms with E-state index in [1.807, 2.05) is 30.3 Å². The summed E-state index contributed by atoms with van der Waals surface area (Å²) in [6.45, 7) is 3.37. The van der Waals surface area contributed by atoms with E-state index in [1.165, 1.54) is 0 Å². The third-order valence-electron chi connectivity index (χ3n) is 5.59. The maximum atomic E-state index is 12.8. The fourth-order valence-electron chi connectivity index (χ4n) is 3.88. The summed E-state index contributed by atoms with van der Waals surface area (Å²) in [6, 6.07) is 9.63. The van der Waals surface area contributed by atoms with Crippen molar-refractivity contribution in [3.05, 3.63) is 47.8 Å². The fourth-order valence-corrected chi connectivity index (χ4v) is 5.32. The SMILES string of the molecule is CC1CCN(S(=O)(=O)NC2CCCc3nc(-c4ccccc4)ncc32)CC1. The van der Waals surface area contributed by atoms with E-state index < -0.39 is 10.2 Å². The van der Waals surface area contributed by atoms with Gasteiger partial charge in [-0.3, -0.25) is 0 Å². The van der Waals surface area contributed by atoms with E-state index in [2.05, 4.69) is 16.6 Å². The van der Waals surface area contributed by atoms with Crippen LogP contribution in [0.4, 0.5) is 0 Å². The van der Waals surface area contributed by atoms with Crippen LogP contribution in [0, 0.1) is 5.92 Å². The Balaban J connectivity index is 1.55. The zero-order valence-electron chi connectivity index (χ0n) is 15.6. The fraction of sp³-hybridized carbons (Fsp3) is 0.500. The molecule has 0 amide bonds. The first-order valence-electron chi connectivity index (χ1n) is 9.71. The summed E-state index contributed by atoms with van der Waals surface area (Å²) in [6.07, 6.45) is 6.21. The van der Waals surface area contributed by atoms with E-state index in [0.717, 1.165) is 48.9 Å². The summed E-state index contributed by atoms with van der Waals surface area (Å²) in [5, 5.41) is 0. The number of piperidine rings is 1. The van der Waals surface area contributed by atoms with E-state index in [1.54, 1.807) is 10.5 Å². The van der Waals surface area contributed by atoms with Crippen LogP contribution in [-0.2, 0) is 16.6 Å². The van der Waals surface area contributed by atoms with Crippen LogP contribution < -0.4 is 4.72 Å². The van der Waals surface area contributed by atoms with Crippen molar-refractivity contribution in [2.75, 3.05) is 13.1 Å². The van der Waals surface area contributed by atoms with Gasteiger partial charge in [0.1, 0.15) is 0 Å². The molecule has 0 radical (unpaired) electrons. The quantitative estimate of drug-likeness (QED) is 0.876. The highest BCUT2D eigenvalue weighted by atomic mass is 32.2. The van der Waals surface area contributed by atoms with Gasteiger partial charge < -0.3 is 0 Å². The normalized spacial score (nSPS) is 21.7. The average molecular weight is 387 g/mol. The lowest BCUT2D eigenvalue weighted by Crippen LogP contribution is -2.46. The highest BCUT2D eigenvalue weighted by molar-refractivity contribution is 7.87. The largest absolute Gasteiger partial charge is 0.280 e. The van der Waals surface area contributed by atoms with Crippen molar-refractivity contribution in [3.8, 4) is 11.4 Å². The maximum Gasteiger partial charge on any atom is 0.280 e. The molecule has 2 aromatic rings. The van der Waals surface area contributed by atoms with Crippen LogP contribution in [0.1, 0.15) is 49.9 Å². The van der Waals surface area contributed by atoms with Crippen molar-refractivity contribution in [3.63, 3.8) is 0 Å². The van der Waals surface area contributed by atoms with Crippen LogP contribution in [0.15, 0.2) is 36.5 Å². The molecule has 1 N–H and O–H groups in total. The van der Waals surface area contributed by atoms with E-state index >= 15 is 0 Å². The van der Waals surface area contributed by atoms with Gasteiger partial charge in [0.05, 0.1) is 6.04 Å². The van der Waals surface area contributed by atoms with Gasteiger partial charge in [0.2, 0.25) is 0 Å². The highest BCUT2D eigenvalue weighted by Crippen LogP contribution is 2.31. The third kappa shape index (κ3) is 4.05. The molecule has 0 bridgehead atoms. The van der Waals surface area contributed by atoms with Gasteiger partial charge in [-0.1, -0.05) is 37.3 Å². The van der Waals surface area contributed by atoms with E-state index in [-0.39, 0.29) is 6.04 Å². The lowest BCUT2D eigenvalue weighted by atomic mass is 9.93. The van der Waals surface area contributed by atoms with Gasteiger partial charge in [-0.25, -0.2) is 9.97 Å². The lowest BCUT2D eigenvalue weighted by molar-refractivity contribution is 0.282. The van der Waals surface area contributed by atoms with Crippen molar-refractivity contribution in [2.45, 2.75) is 45.1 Å². The smallest absolute Gasteiger partial charge is 0.236 e. The molecule has 144 valence electrons. The number of fused-ring (bicyclic) bond motifs is 1. The van der Waals surface area contributed by atoms with Gasteiger partial charge in [-0.15, -0.1) is 0 Å². The molecule has 0 spiro atoms. The van der Waals surface area contributed by atoms with E-state index in [0.29, 0.717) is 24.8 Å². The molecule has 2 aliphatic rings. The molecule has 1 aliphatic heterocycles. The van der Waals surface area contributed by atoms with Crippen LogP contribution in [0.2, 0.25) is 0 Å². The van der Waals surface area contributed by atoms with Crippen LogP contribution in [0.25, 0.3) is 11.4 Å². The van der Waals surface area contributed by atoms with Crippen LogP contribution in [0.5, 0.6) is 0 Å². The molecule has 1 unspecified atom stereocenters.